The fourth-order valence-electron chi connectivity index (χ4n) is 3.36. The van der Waals surface area contributed by atoms with E-state index in [1.54, 1.807) is 25.2 Å². The average molecular weight is 615 g/mol. The zero-order valence-electron chi connectivity index (χ0n) is 25.0. The fourth-order valence-corrected chi connectivity index (χ4v) is 3.36. The lowest BCUT2D eigenvalue weighted by Crippen LogP contribution is -2.36. The van der Waals surface area contributed by atoms with Crippen molar-refractivity contribution in [2.24, 2.45) is 0 Å². The van der Waals surface area contributed by atoms with Crippen LogP contribution >= 0.6 is 0 Å². The van der Waals surface area contributed by atoms with Crippen LogP contribution in [-0.4, -0.2) is 95.6 Å². The molecule has 13 heteroatoms. The first-order chi connectivity index (χ1) is 20.4. The van der Waals surface area contributed by atoms with Crippen molar-refractivity contribution < 1.29 is 51.2 Å². The molecule has 0 atom stereocenters. The Kier molecular flexibility index (Phi) is 15.2. The fraction of sp³-hybridized carbons (Fsp3) is 0.533. The minimum atomic E-state index is -4.48. The van der Waals surface area contributed by atoms with Gasteiger partial charge in [0.1, 0.15) is 12.2 Å². The molecule has 1 N–H and O–H groups in total. The molecule has 2 rings (SSSR count). The molecule has 0 aromatic heterocycles. The quantitative estimate of drug-likeness (QED) is 0.171. The smallest absolute Gasteiger partial charge is 0.416 e. The third-order valence-corrected chi connectivity index (χ3v) is 5.47. The van der Waals surface area contributed by atoms with Gasteiger partial charge in [-0.15, -0.1) is 0 Å². The SMILES string of the molecule is CN(CCOCCOCCOCCOCCOC(=O)c1ccccc1Nc1cccc(C(F)(F)F)c1)C(=O)OC(C)(C)C. The summed E-state index contributed by atoms with van der Waals surface area (Å²) in [4.78, 5) is 25.8. The molecule has 2 aromatic carbocycles. The van der Waals surface area contributed by atoms with E-state index in [1.165, 1.54) is 23.1 Å². The van der Waals surface area contributed by atoms with Crippen molar-refractivity contribution in [3.05, 3.63) is 59.7 Å². The predicted octanol–water partition coefficient (Wildman–Crippen LogP) is 5.54. The van der Waals surface area contributed by atoms with E-state index in [0.29, 0.717) is 58.5 Å². The second-order valence-corrected chi connectivity index (χ2v) is 10.2. The first kappa shape index (κ1) is 35.8. The molecular formula is C30H41F3N2O8. The number of ether oxygens (including phenoxy) is 6. The normalized spacial score (nSPS) is 11.7. The molecule has 10 nitrogen and oxygen atoms in total. The van der Waals surface area contributed by atoms with E-state index in [0.717, 1.165) is 12.1 Å². The Morgan fingerprint density at radius 2 is 1.33 bits per heavy atom. The molecule has 0 radical (unpaired) electrons. The third-order valence-electron chi connectivity index (χ3n) is 5.47. The molecule has 0 aliphatic heterocycles. The van der Waals surface area contributed by atoms with Gasteiger partial charge in [0.25, 0.3) is 0 Å². The van der Waals surface area contributed by atoms with Crippen LogP contribution in [-0.2, 0) is 34.6 Å². The summed E-state index contributed by atoms with van der Waals surface area (Å²) in [5.74, 6) is -0.633. The Balaban J connectivity index is 1.50. The van der Waals surface area contributed by atoms with Gasteiger partial charge in [0, 0.05) is 19.3 Å². The molecule has 0 fully saturated rings. The van der Waals surface area contributed by atoms with E-state index in [9.17, 15) is 22.8 Å². The maximum absolute atomic E-state index is 13.0. The highest BCUT2D eigenvalue weighted by Gasteiger charge is 2.30. The largest absolute Gasteiger partial charge is 0.460 e. The summed E-state index contributed by atoms with van der Waals surface area (Å²) >= 11 is 0. The van der Waals surface area contributed by atoms with Crippen molar-refractivity contribution in [1.82, 2.24) is 4.90 Å². The number of anilines is 2. The molecule has 0 spiro atoms. The molecule has 43 heavy (non-hydrogen) atoms. The number of likely N-dealkylation sites (N-methyl/N-ethyl adjacent to an activating group) is 1. The van der Waals surface area contributed by atoms with Crippen LogP contribution in [0, 0.1) is 0 Å². The highest BCUT2D eigenvalue weighted by atomic mass is 19.4. The number of rotatable bonds is 18. The molecule has 0 heterocycles. The highest BCUT2D eigenvalue weighted by molar-refractivity contribution is 5.96. The second-order valence-electron chi connectivity index (χ2n) is 10.2. The van der Waals surface area contributed by atoms with E-state index in [-0.39, 0.29) is 24.5 Å². The summed E-state index contributed by atoms with van der Waals surface area (Å²) in [6.45, 7) is 8.49. The zero-order valence-corrected chi connectivity index (χ0v) is 25.0. The summed E-state index contributed by atoms with van der Waals surface area (Å²) in [5, 5.41) is 2.85. The Morgan fingerprint density at radius 1 is 0.767 bits per heavy atom. The zero-order chi connectivity index (χ0) is 31.7. The van der Waals surface area contributed by atoms with E-state index in [1.807, 2.05) is 20.8 Å². The van der Waals surface area contributed by atoms with Gasteiger partial charge >= 0.3 is 18.2 Å². The lowest BCUT2D eigenvalue weighted by molar-refractivity contribution is -0.137. The summed E-state index contributed by atoms with van der Waals surface area (Å²) < 4.78 is 71.2. The maximum Gasteiger partial charge on any atom is 0.416 e. The number of carbonyl (C=O) groups excluding carboxylic acids is 2. The molecular weight excluding hydrogens is 573 g/mol. The van der Waals surface area contributed by atoms with Crippen molar-refractivity contribution in [3.8, 4) is 0 Å². The second kappa shape index (κ2) is 18.3. The topological polar surface area (TPSA) is 105 Å². The number of nitrogens with zero attached hydrogens (tertiary/aromatic N) is 1. The van der Waals surface area contributed by atoms with Gasteiger partial charge in [0.2, 0.25) is 0 Å². The van der Waals surface area contributed by atoms with Gasteiger partial charge in [0.05, 0.1) is 69.7 Å². The summed E-state index contributed by atoms with van der Waals surface area (Å²) in [7, 11) is 1.65. The number of benzene rings is 2. The number of esters is 1. The lowest BCUT2D eigenvalue weighted by atomic mass is 10.1. The Bertz CT molecular complexity index is 1130. The first-order valence-electron chi connectivity index (χ1n) is 13.8. The van der Waals surface area contributed by atoms with Crippen LogP contribution in [0.4, 0.5) is 29.3 Å². The molecule has 0 saturated heterocycles. The minimum Gasteiger partial charge on any atom is -0.460 e. The molecule has 1 amide bonds. The Hall–Kier alpha value is -3.39. The maximum atomic E-state index is 13.0. The molecule has 0 bridgehead atoms. The van der Waals surface area contributed by atoms with Crippen molar-refractivity contribution in [2.45, 2.75) is 32.5 Å². The Labute approximate surface area is 250 Å². The van der Waals surface area contributed by atoms with E-state index in [2.05, 4.69) is 5.32 Å². The van der Waals surface area contributed by atoms with Gasteiger partial charge in [-0.2, -0.15) is 13.2 Å². The first-order valence-corrected chi connectivity index (χ1v) is 13.8. The van der Waals surface area contributed by atoms with E-state index >= 15 is 0 Å². The number of alkyl halides is 3. The van der Waals surface area contributed by atoms with E-state index in [4.69, 9.17) is 28.4 Å². The van der Waals surface area contributed by atoms with E-state index < -0.39 is 29.4 Å². The molecule has 0 saturated carbocycles. The number of nitrogens with one attached hydrogen (secondary N) is 1. The molecule has 0 aliphatic carbocycles. The van der Waals surface area contributed by atoms with Crippen LogP contribution in [0.25, 0.3) is 0 Å². The average Bonchev–Trinajstić information content (AvgIpc) is 2.94. The number of hydrogen-bond donors (Lipinski definition) is 1. The van der Waals surface area contributed by atoms with Crippen LogP contribution in [0.15, 0.2) is 48.5 Å². The van der Waals surface area contributed by atoms with Crippen LogP contribution < -0.4 is 5.32 Å². The summed E-state index contributed by atoms with van der Waals surface area (Å²) in [5.41, 5.74) is -0.644. The van der Waals surface area contributed by atoms with Crippen molar-refractivity contribution in [2.75, 3.05) is 78.4 Å². The van der Waals surface area contributed by atoms with Gasteiger partial charge in [0.15, 0.2) is 0 Å². The van der Waals surface area contributed by atoms with Gasteiger partial charge in [-0.3, -0.25) is 0 Å². The lowest BCUT2D eigenvalue weighted by Gasteiger charge is -2.24. The van der Waals surface area contributed by atoms with Crippen LogP contribution in [0.2, 0.25) is 0 Å². The van der Waals surface area contributed by atoms with Crippen LogP contribution in [0.5, 0.6) is 0 Å². The van der Waals surface area contributed by atoms with Crippen LogP contribution in [0.3, 0.4) is 0 Å². The van der Waals surface area contributed by atoms with Crippen molar-refractivity contribution in [1.29, 1.82) is 0 Å². The monoisotopic (exact) mass is 614 g/mol. The number of amides is 1. The Morgan fingerprint density at radius 3 is 1.91 bits per heavy atom. The van der Waals surface area contributed by atoms with Gasteiger partial charge in [-0.1, -0.05) is 18.2 Å². The highest BCUT2D eigenvalue weighted by Crippen LogP contribution is 2.32. The number of hydrogen-bond acceptors (Lipinski definition) is 9. The summed E-state index contributed by atoms with van der Waals surface area (Å²) in [6, 6.07) is 11.1. The van der Waals surface area contributed by atoms with Crippen LogP contribution in [0.1, 0.15) is 36.7 Å². The molecule has 0 unspecified atom stereocenters. The number of carbonyl (C=O) groups is 2. The minimum absolute atomic E-state index is 0.00654. The number of para-hydroxylation sites is 1. The number of halogens is 3. The standard InChI is InChI=1S/C30H41F3N2O8/c1-29(2,3)43-28(37)35(4)12-13-38-14-15-39-16-17-40-18-19-41-20-21-42-27(36)25-10-5-6-11-26(25)34-24-9-7-8-23(22-24)30(31,32)33/h5-11,22,34H,12-21H2,1-4H3. The summed E-state index contributed by atoms with van der Waals surface area (Å²) in [6.07, 6.45) is -4.88. The van der Waals surface area contributed by atoms with Crippen molar-refractivity contribution >= 4 is 23.4 Å². The van der Waals surface area contributed by atoms with Gasteiger partial charge < -0.3 is 38.6 Å². The molecule has 2 aromatic rings. The van der Waals surface area contributed by atoms with Crippen molar-refractivity contribution in [3.63, 3.8) is 0 Å². The predicted molar refractivity (Wildman–Crippen MR) is 154 cm³/mol. The molecule has 0 aliphatic rings. The van der Waals surface area contributed by atoms with Gasteiger partial charge in [-0.05, 0) is 51.1 Å². The van der Waals surface area contributed by atoms with Gasteiger partial charge in [-0.25, -0.2) is 9.59 Å². The molecule has 240 valence electrons. The third kappa shape index (κ3) is 15.1.